The molecule has 1 rings (SSSR count). The molecule has 0 aliphatic carbocycles. The average Bonchev–Trinajstić information content (AvgIpc) is 2.43. The molecule has 0 saturated carbocycles. The molecular weight excluding hydrogens is 274 g/mol. The van der Waals surface area contributed by atoms with E-state index in [0.717, 1.165) is 5.56 Å². The Morgan fingerprint density at radius 2 is 1.57 bits per heavy atom. The van der Waals surface area contributed by atoms with Crippen molar-refractivity contribution < 1.29 is 24.6 Å². The van der Waals surface area contributed by atoms with Gasteiger partial charge in [-0.3, -0.25) is 14.4 Å². The molecular formula is C15H19NO5. The Labute approximate surface area is 122 Å². The lowest BCUT2D eigenvalue weighted by Crippen LogP contribution is -2.37. The standard InChI is InChI=1S/C15H19NO5/c17-13(7-9-15(20)21)16-12(6-8-14(18)19)10-11-4-2-1-3-5-11/h1-5,12H,6-10H2,(H,16,17)(H,18,19)(H,20,21). The fourth-order valence-electron chi connectivity index (χ4n) is 1.94. The Hall–Kier alpha value is -2.37. The third kappa shape index (κ3) is 7.71. The minimum atomic E-state index is -1.03. The van der Waals surface area contributed by atoms with Gasteiger partial charge in [-0.05, 0) is 18.4 Å². The Morgan fingerprint density at radius 3 is 2.14 bits per heavy atom. The van der Waals surface area contributed by atoms with E-state index in [1.165, 1.54) is 0 Å². The number of amides is 1. The van der Waals surface area contributed by atoms with Crippen molar-refractivity contribution in [3.63, 3.8) is 0 Å². The molecule has 6 heteroatoms. The van der Waals surface area contributed by atoms with Crippen LogP contribution in [0.4, 0.5) is 0 Å². The predicted octanol–water partition coefficient (Wildman–Crippen LogP) is 1.44. The zero-order valence-corrected chi connectivity index (χ0v) is 11.6. The lowest BCUT2D eigenvalue weighted by Gasteiger charge is -2.18. The van der Waals surface area contributed by atoms with Crippen LogP contribution in [0, 0.1) is 0 Å². The molecule has 0 aromatic heterocycles. The van der Waals surface area contributed by atoms with Crippen LogP contribution in [-0.2, 0) is 20.8 Å². The van der Waals surface area contributed by atoms with Gasteiger partial charge in [0, 0.05) is 18.9 Å². The highest BCUT2D eigenvalue weighted by molar-refractivity contribution is 5.80. The lowest BCUT2D eigenvalue weighted by molar-refractivity contribution is -0.138. The summed E-state index contributed by atoms with van der Waals surface area (Å²) in [4.78, 5) is 32.8. The van der Waals surface area contributed by atoms with Crippen LogP contribution in [0.1, 0.15) is 31.2 Å². The van der Waals surface area contributed by atoms with E-state index in [0.29, 0.717) is 12.8 Å². The molecule has 0 radical (unpaired) electrons. The number of carboxylic acid groups (broad SMARTS) is 2. The molecule has 0 aliphatic rings. The van der Waals surface area contributed by atoms with Crippen molar-refractivity contribution in [2.24, 2.45) is 0 Å². The van der Waals surface area contributed by atoms with Crippen LogP contribution in [0.2, 0.25) is 0 Å². The summed E-state index contributed by atoms with van der Waals surface area (Å²) >= 11 is 0. The van der Waals surface area contributed by atoms with Crippen molar-refractivity contribution >= 4 is 17.8 Å². The number of carbonyl (C=O) groups is 3. The van der Waals surface area contributed by atoms with Crippen LogP contribution < -0.4 is 5.32 Å². The first-order valence-electron chi connectivity index (χ1n) is 6.74. The van der Waals surface area contributed by atoms with Gasteiger partial charge < -0.3 is 15.5 Å². The van der Waals surface area contributed by atoms with Gasteiger partial charge >= 0.3 is 11.9 Å². The van der Waals surface area contributed by atoms with Crippen molar-refractivity contribution in [2.75, 3.05) is 0 Å². The zero-order chi connectivity index (χ0) is 15.7. The topological polar surface area (TPSA) is 104 Å². The number of nitrogens with one attached hydrogen (secondary N) is 1. The molecule has 1 aromatic carbocycles. The summed E-state index contributed by atoms with van der Waals surface area (Å²) in [5, 5.41) is 20.0. The lowest BCUT2D eigenvalue weighted by atomic mass is 10.0. The summed E-state index contributed by atoms with van der Waals surface area (Å²) < 4.78 is 0. The van der Waals surface area contributed by atoms with E-state index in [2.05, 4.69) is 5.32 Å². The molecule has 114 valence electrons. The number of hydrogen-bond donors (Lipinski definition) is 3. The minimum absolute atomic E-state index is 0.0449. The molecule has 0 heterocycles. The Morgan fingerprint density at radius 1 is 0.952 bits per heavy atom. The van der Waals surface area contributed by atoms with E-state index >= 15 is 0 Å². The average molecular weight is 293 g/mol. The van der Waals surface area contributed by atoms with Crippen LogP contribution in [-0.4, -0.2) is 34.1 Å². The van der Waals surface area contributed by atoms with Crippen molar-refractivity contribution in [1.29, 1.82) is 0 Å². The van der Waals surface area contributed by atoms with Gasteiger partial charge in [-0.2, -0.15) is 0 Å². The minimum Gasteiger partial charge on any atom is -0.481 e. The maximum absolute atomic E-state index is 11.7. The Kier molecular flexibility index (Phi) is 6.94. The fraction of sp³-hybridized carbons (Fsp3) is 0.400. The quantitative estimate of drug-likeness (QED) is 0.639. The number of rotatable bonds is 9. The highest BCUT2D eigenvalue weighted by Gasteiger charge is 2.15. The van der Waals surface area contributed by atoms with E-state index in [4.69, 9.17) is 10.2 Å². The molecule has 1 unspecified atom stereocenters. The molecule has 0 saturated heterocycles. The Bertz CT molecular complexity index is 486. The molecule has 0 bridgehead atoms. The van der Waals surface area contributed by atoms with Crippen LogP contribution in [0.25, 0.3) is 0 Å². The van der Waals surface area contributed by atoms with Gasteiger partial charge in [0.25, 0.3) is 0 Å². The first-order chi connectivity index (χ1) is 9.97. The molecule has 0 fully saturated rings. The number of carbonyl (C=O) groups excluding carboxylic acids is 1. The third-order valence-corrected chi connectivity index (χ3v) is 2.96. The number of hydrogen-bond acceptors (Lipinski definition) is 3. The van der Waals surface area contributed by atoms with E-state index in [1.54, 1.807) is 0 Å². The summed E-state index contributed by atoms with van der Waals surface area (Å²) in [6.45, 7) is 0. The summed E-state index contributed by atoms with van der Waals surface area (Å²) in [7, 11) is 0. The number of benzene rings is 1. The second kappa shape index (κ2) is 8.73. The third-order valence-electron chi connectivity index (χ3n) is 2.96. The van der Waals surface area contributed by atoms with Gasteiger partial charge in [0.15, 0.2) is 0 Å². The predicted molar refractivity (Wildman–Crippen MR) is 75.8 cm³/mol. The molecule has 3 N–H and O–H groups in total. The molecule has 0 spiro atoms. The highest BCUT2D eigenvalue weighted by Crippen LogP contribution is 2.08. The summed E-state index contributed by atoms with van der Waals surface area (Å²) in [6, 6.07) is 9.10. The smallest absolute Gasteiger partial charge is 0.303 e. The van der Waals surface area contributed by atoms with Gasteiger partial charge in [-0.15, -0.1) is 0 Å². The van der Waals surface area contributed by atoms with E-state index in [-0.39, 0.29) is 31.2 Å². The summed E-state index contributed by atoms with van der Waals surface area (Å²) in [5.74, 6) is -2.33. The molecule has 1 amide bonds. The number of aliphatic carboxylic acids is 2. The van der Waals surface area contributed by atoms with Crippen molar-refractivity contribution in [2.45, 2.75) is 38.1 Å². The summed E-state index contributed by atoms with van der Waals surface area (Å²) in [6.07, 6.45) is 0.448. The number of carboxylic acids is 2. The first kappa shape index (κ1) is 16.7. The van der Waals surface area contributed by atoms with Crippen molar-refractivity contribution in [3.05, 3.63) is 35.9 Å². The van der Waals surface area contributed by atoms with Crippen LogP contribution in [0.5, 0.6) is 0 Å². The molecule has 0 aliphatic heterocycles. The van der Waals surface area contributed by atoms with E-state index in [1.807, 2.05) is 30.3 Å². The maximum Gasteiger partial charge on any atom is 0.303 e. The largest absolute Gasteiger partial charge is 0.481 e. The first-order valence-corrected chi connectivity index (χ1v) is 6.74. The second-order valence-corrected chi connectivity index (χ2v) is 4.78. The van der Waals surface area contributed by atoms with E-state index < -0.39 is 11.9 Å². The zero-order valence-electron chi connectivity index (χ0n) is 11.6. The molecule has 21 heavy (non-hydrogen) atoms. The molecule has 6 nitrogen and oxygen atoms in total. The van der Waals surface area contributed by atoms with Crippen LogP contribution in [0.3, 0.4) is 0 Å². The van der Waals surface area contributed by atoms with Gasteiger partial charge in [0.2, 0.25) is 5.91 Å². The normalized spacial score (nSPS) is 11.6. The van der Waals surface area contributed by atoms with Crippen molar-refractivity contribution in [3.8, 4) is 0 Å². The van der Waals surface area contributed by atoms with Crippen LogP contribution >= 0.6 is 0 Å². The van der Waals surface area contributed by atoms with Gasteiger partial charge in [-0.25, -0.2) is 0 Å². The van der Waals surface area contributed by atoms with E-state index in [9.17, 15) is 14.4 Å². The van der Waals surface area contributed by atoms with Gasteiger partial charge in [0.05, 0.1) is 6.42 Å². The van der Waals surface area contributed by atoms with Gasteiger partial charge in [-0.1, -0.05) is 30.3 Å². The van der Waals surface area contributed by atoms with Crippen molar-refractivity contribution in [1.82, 2.24) is 5.32 Å². The SMILES string of the molecule is O=C(O)CCC(=O)NC(CCC(=O)O)Cc1ccccc1. The maximum atomic E-state index is 11.7. The highest BCUT2D eigenvalue weighted by atomic mass is 16.4. The molecule has 1 atom stereocenters. The molecule has 1 aromatic rings. The van der Waals surface area contributed by atoms with Gasteiger partial charge in [0.1, 0.15) is 0 Å². The fourth-order valence-corrected chi connectivity index (χ4v) is 1.94. The Balaban J connectivity index is 2.57. The monoisotopic (exact) mass is 293 g/mol. The van der Waals surface area contributed by atoms with Crippen LogP contribution in [0.15, 0.2) is 30.3 Å². The summed E-state index contributed by atoms with van der Waals surface area (Å²) in [5.41, 5.74) is 0.992. The second-order valence-electron chi connectivity index (χ2n) is 4.78.